The lowest BCUT2D eigenvalue weighted by Crippen LogP contribution is -2.45. The van der Waals surface area contributed by atoms with Crippen LogP contribution in [0.5, 0.6) is 0 Å². The molecule has 0 radical (unpaired) electrons. The summed E-state index contributed by atoms with van der Waals surface area (Å²) in [5.74, 6) is -1.07. The van der Waals surface area contributed by atoms with Gasteiger partial charge in [0.2, 0.25) is 15.9 Å². The maximum atomic E-state index is 12.9. The van der Waals surface area contributed by atoms with Crippen molar-refractivity contribution in [1.82, 2.24) is 5.32 Å². The third-order valence-electron chi connectivity index (χ3n) is 4.35. The second kappa shape index (κ2) is 10.0. The summed E-state index contributed by atoms with van der Waals surface area (Å²) in [5.41, 5.74) is 0.128. The standard InChI is InChI=1S/C20H24N4O6S/c1-4-12-21-20(26)17-10-5-6-11-18(17)22-19(25)14(2)23(31(3,29)30)15-8-7-9-16(13-15)24(27)28/h5-11,13-14H,4,12H2,1-3H3,(H,21,26)(H,22,25). The van der Waals surface area contributed by atoms with Gasteiger partial charge in [0.05, 0.1) is 28.1 Å². The lowest BCUT2D eigenvalue weighted by molar-refractivity contribution is -0.384. The molecule has 1 unspecified atom stereocenters. The molecule has 2 rings (SSSR count). The summed E-state index contributed by atoms with van der Waals surface area (Å²) < 4.78 is 25.6. The smallest absolute Gasteiger partial charge is 0.271 e. The molecule has 31 heavy (non-hydrogen) atoms. The number of sulfonamides is 1. The highest BCUT2D eigenvalue weighted by Crippen LogP contribution is 2.26. The molecule has 11 heteroatoms. The first-order valence-electron chi connectivity index (χ1n) is 9.48. The van der Waals surface area contributed by atoms with Gasteiger partial charge in [-0.15, -0.1) is 0 Å². The average molecular weight is 449 g/mol. The number of nitrogens with one attached hydrogen (secondary N) is 2. The van der Waals surface area contributed by atoms with E-state index in [4.69, 9.17) is 0 Å². The lowest BCUT2D eigenvalue weighted by atomic mass is 10.1. The van der Waals surface area contributed by atoms with Gasteiger partial charge in [-0.25, -0.2) is 8.42 Å². The molecule has 2 amide bonds. The van der Waals surface area contributed by atoms with Crippen molar-refractivity contribution in [3.63, 3.8) is 0 Å². The zero-order valence-electron chi connectivity index (χ0n) is 17.4. The molecule has 1 atom stereocenters. The highest BCUT2D eigenvalue weighted by Gasteiger charge is 2.30. The number of nitro benzene ring substituents is 1. The zero-order valence-corrected chi connectivity index (χ0v) is 18.2. The normalized spacial score (nSPS) is 12.0. The molecular formula is C20H24N4O6S. The molecule has 2 aromatic rings. The quantitative estimate of drug-likeness (QED) is 0.446. The molecule has 0 fully saturated rings. The molecular weight excluding hydrogens is 424 g/mol. The molecule has 0 aromatic heterocycles. The van der Waals surface area contributed by atoms with Gasteiger partial charge in [0, 0.05) is 18.7 Å². The molecule has 0 saturated carbocycles. The summed E-state index contributed by atoms with van der Waals surface area (Å²) in [5, 5.41) is 16.4. The van der Waals surface area contributed by atoms with Crippen LogP contribution < -0.4 is 14.9 Å². The van der Waals surface area contributed by atoms with Gasteiger partial charge in [0.15, 0.2) is 0 Å². The summed E-state index contributed by atoms with van der Waals surface area (Å²) in [7, 11) is -3.96. The molecule has 0 heterocycles. The Balaban J connectivity index is 2.35. The average Bonchev–Trinajstić information content (AvgIpc) is 2.71. The van der Waals surface area contributed by atoms with Gasteiger partial charge >= 0.3 is 0 Å². The van der Waals surface area contributed by atoms with Gasteiger partial charge in [-0.1, -0.05) is 25.1 Å². The molecule has 166 valence electrons. The highest BCUT2D eigenvalue weighted by molar-refractivity contribution is 7.92. The zero-order chi connectivity index (χ0) is 23.2. The summed E-state index contributed by atoms with van der Waals surface area (Å²) in [6, 6.07) is 10.1. The number of para-hydroxylation sites is 1. The fraction of sp³-hybridized carbons (Fsp3) is 0.300. The Kier molecular flexibility index (Phi) is 7.70. The van der Waals surface area contributed by atoms with Crippen molar-refractivity contribution in [2.75, 3.05) is 22.4 Å². The van der Waals surface area contributed by atoms with Crippen LogP contribution in [0, 0.1) is 10.1 Å². The van der Waals surface area contributed by atoms with Gasteiger partial charge in [-0.05, 0) is 31.5 Å². The number of hydrogen-bond acceptors (Lipinski definition) is 6. The number of nitro groups is 1. The van der Waals surface area contributed by atoms with Crippen molar-refractivity contribution in [2.45, 2.75) is 26.3 Å². The number of hydrogen-bond donors (Lipinski definition) is 2. The predicted molar refractivity (Wildman–Crippen MR) is 118 cm³/mol. The van der Waals surface area contributed by atoms with Crippen LogP contribution in [0.3, 0.4) is 0 Å². The monoisotopic (exact) mass is 448 g/mol. The molecule has 0 aliphatic rings. The number of anilines is 2. The van der Waals surface area contributed by atoms with Crippen molar-refractivity contribution < 1.29 is 22.9 Å². The van der Waals surface area contributed by atoms with E-state index in [1.54, 1.807) is 18.2 Å². The molecule has 0 saturated heterocycles. The molecule has 0 aliphatic heterocycles. The maximum absolute atomic E-state index is 12.9. The Morgan fingerprint density at radius 2 is 1.84 bits per heavy atom. The Hall–Kier alpha value is -3.47. The fourth-order valence-corrected chi connectivity index (χ4v) is 4.08. The number of carbonyl (C=O) groups excluding carboxylic acids is 2. The topological polar surface area (TPSA) is 139 Å². The summed E-state index contributed by atoms with van der Waals surface area (Å²) in [6.07, 6.45) is 1.64. The van der Waals surface area contributed by atoms with Gasteiger partial charge < -0.3 is 10.6 Å². The van der Waals surface area contributed by atoms with Gasteiger partial charge in [0.25, 0.3) is 11.6 Å². The highest BCUT2D eigenvalue weighted by atomic mass is 32.2. The van der Waals surface area contributed by atoms with Crippen LogP contribution in [-0.2, 0) is 14.8 Å². The molecule has 10 nitrogen and oxygen atoms in total. The third kappa shape index (κ3) is 6.01. The Morgan fingerprint density at radius 3 is 2.45 bits per heavy atom. The number of nitrogens with zero attached hydrogens (tertiary/aromatic N) is 2. The van der Waals surface area contributed by atoms with Gasteiger partial charge in [-0.3, -0.25) is 24.0 Å². The van der Waals surface area contributed by atoms with Gasteiger partial charge in [0.1, 0.15) is 6.04 Å². The lowest BCUT2D eigenvalue weighted by Gasteiger charge is -2.28. The summed E-state index contributed by atoms with van der Waals surface area (Å²) in [4.78, 5) is 35.7. The number of amides is 2. The van der Waals surface area contributed by atoms with Crippen LogP contribution in [0.2, 0.25) is 0 Å². The molecule has 0 aliphatic carbocycles. The molecule has 0 bridgehead atoms. The number of benzene rings is 2. The number of carbonyl (C=O) groups is 2. The SMILES string of the molecule is CCCNC(=O)c1ccccc1NC(=O)C(C)N(c1cccc([N+](=O)[O-])c1)S(C)(=O)=O. The first-order chi connectivity index (χ1) is 14.6. The van der Waals surface area contributed by atoms with Crippen LogP contribution >= 0.6 is 0 Å². The van der Waals surface area contributed by atoms with Crippen LogP contribution in [-0.4, -0.2) is 44.0 Å². The van der Waals surface area contributed by atoms with Crippen LogP contribution in [0.15, 0.2) is 48.5 Å². The minimum absolute atomic E-state index is 0.0201. The largest absolute Gasteiger partial charge is 0.352 e. The minimum Gasteiger partial charge on any atom is -0.352 e. The van der Waals surface area contributed by atoms with Crippen molar-refractivity contribution in [1.29, 1.82) is 0 Å². The molecule has 0 spiro atoms. The number of rotatable bonds is 9. The van der Waals surface area contributed by atoms with E-state index in [1.807, 2.05) is 6.92 Å². The third-order valence-corrected chi connectivity index (χ3v) is 5.59. The molecule has 2 N–H and O–H groups in total. The van der Waals surface area contributed by atoms with E-state index in [1.165, 1.54) is 31.2 Å². The van der Waals surface area contributed by atoms with Gasteiger partial charge in [-0.2, -0.15) is 0 Å². The Morgan fingerprint density at radius 1 is 1.16 bits per heavy atom. The van der Waals surface area contributed by atoms with E-state index in [2.05, 4.69) is 10.6 Å². The van der Waals surface area contributed by atoms with E-state index in [9.17, 15) is 28.1 Å². The minimum atomic E-state index is -3.96. The second-order valence-electron chi connectivity index (χ2n) is 6.80. The van der Waals surface area contributed by atoms with E-state index in [-0.39, 0.29) is 28.5 Å². The summed E-state index contributed by atoms with van der Waals surface area (Å²) in [6.45, 7) is 3.73. The van der Waals surface area contributed by atoms with E-state index >= 15 is 0 Å². The van der Waals surface area contributed by atoms with Crippen molar-refractivity contribution in [3.05, 3.63) is 64.2 Å². The van der Waals surface area contributed by atoms with Crippen molar-refractivity contribution >= 4 is 38.9 Å². The predicted octanol–water partition coefficient (Wildman–Crippen LogP) is 2.53. The first-order valence-corrected chi connectivity index (χ1v) is 11.3. The maximum Gasteiger partial charge on any atom is 0.271 e. The fourth-order valence-electron chi connectivity index (χ4n) is 2.91. The van der Waals surface area contributed by atoms with Crippen LogP contribution in [0.25, 0.3) is 0 Å². The van der Waals surface area contributed by atoms with E-state index in [0.717, 1.165) is 23.0 Å². The van der Waals surface area contributed by atoms with E-state index in [0.29, 0.717) is 6.54 Å². The van der Waals surface area contributed by atoms with Crippen LogP contribution in [0.1, 0.15) is 30.6 Å². The van der Waals surface area contributed by atoms with E-state index < -0.39 is 26.9 Å². The number of non-ortho nitro benzene ring substituents is 1. The van der Waals surface area contributed by atoms with Crippen molar-refractivity contribution in [2.24, 2.45) is 0 Å². The van der Waals surface area contributed by atoms with Crippen molar-refractivity contribution in [3.8, 4) is 0 Å². The Bertz CT molecular complexity index is 1090. The second-order valence-corrected chi connectivity index (χ2v) is 8.66. The summed E-state index contributed by atoms with van der Waals surface area (Å²) >= 11 is 0. The van der Waals surface area contributed by atoms with Crippen LogP contribution in [0.4, 0.5) is 17.1 Å². The first kappa shape index (κ1) is 23.8. The Labute approximate surface area is 180 Å². The molecule has 2 aromatic carbocycles.